The second-order valence-corrected chi connectivity index (χ2v) is 8.16. The van der Waals surface area contributed by atoms with Crippen LogP contribution in [0.15, 0.2) is 63.6 Å². The summed E-state index contributed by atoms with van der Waals surface area (Å²) in [6.07, 6.45) is -0.631. The van der Waals surface area contributed by atoms with Gasteiger partial charge in [-0.05, 0) is 35.7 Å². The van der Waals surface area contributed by atoms with Crippen molar-refractivity contribution in [3.8, 4) is 11.4 Å². The first-order valence-corrected chi connectivity index (χ1v) is 10.4. The summed E-state index contributed by atoms with van der Waals surface area (Å²) in [5, 5.41) is 17.7. The molecule has 2 atom stereocenters. The summed E-state index contributed by atoms with van der Waals surface area (Å²) < 4.78 is 12.1. The van der Waals surface area contributed by atoms with Gasteiger partial charge in [-0.1, -0.05) is 65.3 Å². The number of hydrogen-bond acceptors (Lipinski definition) is 6. The van der Waals surface area contributed by atoms with E-state index in [0.717, 1.165) is 15.6 Å². The van der Waals surface area contributed by atoms with Crippen LogP contribution in [0.3, 0.4) is 0 Å². The van der Waals surface area contributed by atoms with E-state index < -0.39 is 6.10 Å². The number of aliphatic hydroxyl groups is 1. The number of halogens is 1. The number of benzene rings is 2. The molecule has 0 radical (unpaired) electrons. The first kappa shape index (κ1) is 21.6. The summed E-state index contributed by atoms with van der Waals surface area (Å²) in [5.74, 6) is 1.27. The van der Waals surface area contributed by atoms with Crippen molar-refractivity contribution in [3.63, 3.8) is 0 Å². The lowest BCUT2D eigenvalue weighted by Crippen LogP contribution is -2.35. The molecular formula is C22H26BrN3O3. The largest absolute Gasteiger partial charge is 0.389 e. The van der Waals surface area contributed by atoms with Gasteiger partial charge in [-0.2, -0.15) is 4.98 Å². The molecule has 29 heavy (non-hydrogen) atoms. The highest BCUT2D eigenvalue weighted by Crippen LogP contribution is 2.24. The maximum atomic E-state index is 10.3. The zero-order valence-electron chi connectivity index (χ0n) is 16.6. The van der Waals surface area contributed by atoms with Gasteiger partial charge in [-0.15, -0.1) is 0 Å². The molecule has 0 saturated carbocycles. The number of hydrogen-bond donors (Lipinski definition) is 2. The minimum absolute atomic E-state index is 0.157. The van der Waals surface area contributed by atoms with Crippen molar-refractivity contribution in [3.05, 3.63) is 70.5 Å². The van der Waals surface area contributed by atoms with E-state index in [1.165, 1.54) is 0 Å². The van der Waals surface area contributed by atoms with E-state index in [1.807, 2.05) is 54.6 Å². The van der Waals surface area contributed by atoms with Crippen LogP contribution in [0.25, 0.3) is 11.4 Å². The summed E-state index contributed by atoms with van der Waals surface area (Å²) >= 11 is 3.42. The Hall–Kier alpha value is -2.06. The monoisotopic (exact) mass is 459 g/mol. The lowest BCUT2D eigenvalue weighted by atomic mass is 10.0. The van der Waals surface area contributed by atoms with Gasteiger partial charge < -0.3 is 19.7 Å². The number of rotatable bonds is 10. The average molecular weight is 460 g/mol. The van der Waals surface area contributed by atoms with E-state index in [9.17, 15) is 5.11 Å². The molecule has 0 unspecified atom stereocenters. The number of ether oxygens (including phenoxy) is 1. The molecule has 0 aliphatic heterocycles. The molecule has 0 fully saturated rings. The van der Waals surface area contributed by atoms with Crippen molar-refractivity contribution in [2.75, 3.05) is 13.2 Å². The average Bonchev–Trinajstić information content (AvgIpc) is 3.19. The molecule has 7 heteroatoms. The SMILES string of the molecule is CC(C)[C@@H](NC[C@H](O)COCc1ccccc1)c1nc(-c2ccc(Br)cc2)no1. The van der Waals surface area contributed by atoms with E-state index in [-0.39, 0.29) is 18.6 Å². The Balaban J connectivity index is 1.53. The quantitative estimate of drug-likeness (QED) is 0.468. The first-order chi connectivity index (χ1) is 14.0. The number of aliphatic hydroxyl groups excluding tert-OH is 1. The van der Waals surface area contributed by atoms with E-state index in [0.29, 0.717) is 24.9 Å². The maximum absolute atomic E-state index is 10.3. The van der Waals surface area contributed by atoms with Crippen molar-refractivity contribution < 1.29 is 14.4 Å². The van der Waals surface area contributed by atoms with Crippen LogP contribution in [0.1, 0.15) is 31.3 Å². The Labute approximate surface area is 179 Å². The van der Waals surface area contributed by atoms with Crippen LogP contribution >= 0.6 is 15.9 Å². The topological polar surface area (TPSA) is 80.4 Å². The molecule has 3 rings (SSSR count). The minimum atomic E-state index is -0.631. The number of nitrogens with zero attached hydrogens (tertiary/aromatic N) is 2. The van der Waals surface area contributed by atoms with Crippen molar-refractivity contribution in [2.45, 2.75) is 32.6 Å². The Morgan fingerprint density at radius 2 is 1.83 bits per heavy atom. The molecule has 1 heterocycles. The van der Waals surface area contributed by atoms with Crippen LogP contribution in [0, 0.1) is 5.92 Å². The van der Waals surface area contributed by atoms with Gasteiger partial charge in [0.05, 0.1) is 25.4 Å². The highest BCUT2D eigenvalue weighted by atomic mass is 79.9. The fraction of sp³-hybridized carbons (Fsp3) is 0.364. The molecule has 6 nitrogen and oxygen atoms in total. The van der Waals surface area contributed by atoms with E-state index in [1.54, 1.807) is 0 Å². The van der Waals surface area contributed by atoms with Gasteiger partial charge in [0.15, 0.2) is 0 Å². The minimum Gasteiger partial charge on any atom is -0.389 e. The molecule has 0 aliphatic rings. The van der Waals surface area contributed by atoms with Crippen molar-refractivity contribution >= 4 is 15.9 Å². The van der Waals surface area contributed by atoms with Crippen molar-refractivity contribution in [2.24, 2.45) is 5.92 Å². The van der Waals surface area contributed by atoms with Gasteiger partial charge in [0.2, 0.25) is 11.7 Å². The fourth-order valence-electron chi connectivity index (χ4n) is 2.89. The third kappa shape index (κ3) is 6.47. The Bertz CT molecular complexity index is 869. The number of aromatic nitrogens is 2. The Kier molecular flexibility index (Phi) is 7.94. The molecule has 2 N–H and O–H groups in total. The van der Waals surface area contributed by atoms with E-state index in [4.69, 9.17) is 9.26 Å². The third-order valence-electron chi connectivity index (χ3n) is 4.47. The molecule has 0 spiro atoms. The molecule has 154 valence electrons. The van der Waals surface area contributed by atoms with Gasteiger partial charge in [-0.3, -0.25) is 0 Å². The standard InChI is InChI=1S/C22H26BrN3O3/c1-15(2)20(22-25-21(26-29-22)17-8-10-18(23)11-9-17)24-12-19(27)14-28-13-16-6-4-3-5-7-16/h3-11,15,19-20,24,27H,12-14H2,1-2H3/t19-,20+/m0/s1. The first-order valence-electron chi connectivity index (χ1n) is 9.65. The highest BCUT2D eigenvalue weighted by molar-refractivity contribution is 9.10. The van der Waals surface area contributed by atoms with E-state index >= 15 is 0 Å². The summed E-state index contributed by atoms with van der Waals surface area (Å²) in [5.41, 5.74) is 1.97. The molecule has 0 bridgehead atoms. The summed E-state index contributed by atoms with van der Waals surface area (Å²) in [4.78, 5) is 4.54. The second-order valence-electron chi connectivity index (χ2n) is 7.25. The zero-order chi connectivity index (χ0) is 20.6. The van der Waals surface area contributed by atoms with Gasteiger partial charge in [0.1, 0.15) is 0 Å². The predicted octanol–water partition coefficient (Wildman–Crippen LogP) is 4.36. The normalized spacial score (nSPS) is 13.6. The highest BCUT2D eigenvalue weighted by Gasteiger charge is 2.23. The third-order valence-corrected chi connectivity index (χ3v) is 5.00. The fourth-order valence-corrected chi connectivity index (χ4v) is 3.16. The maximum Gasteiger partial charge on any atom is 0.244 e. The van der Waals surface area contributed by atoms with Crippen molar-refractivity contribution in [1.82, 2.24) is 15.5 Å². The lowest BCUT2D eigenvalue weighted by molar-refractivity contribution is 0.0262. The predicted molar refractivity (Wildman–Crippen MR) is 115 cm³/mol. The summed E-state index contributed by atoms with van der Waals surface area (Å²) in [7, 11) is 0. The van der Waals surface area contributed by atoms with Crippen LogP contribution in [0.4, 0.5) is 0 Å². The molecule has 0 aliphatic carbocycles. The van der Waals surface area contributed by atoms with Crippen LogP contribution in [0.5, 0.6) is 0 Å². The lowest BCUT2D eigenvalue weighted by Gasteiger charge is -2.20. The molecular weight excluding hydrogens is 434 g/mol. The smallest absolute Gasteiger partial charge is 0.244 e. The molecule has 0 saturated heterocycles. The van der Waals surface area contributed by atoms with Crippen LogP contribution in [0.2, 0.25) is 0 Å². The van der Waals surface area contributed by atoms with Crippen LogP contribution in [-0.2, 0) is 11.3 Å². The molecule has 0 amide bonds. The van der Waals surface area contributed by atoms with Gasteiger partial charge in [0, 0.05) is 16.6 Å². The number of nitrogens with one attached hydrogen (secondary N) is 1. The Morgan fingerprint density at radius 3 is 2.52 bits per heavy atom. The van der Waals surface area contributed by atoms with Gasteiger partial charge in [-0.25, -0.2) is 0 Å². The van der Waals surface area contributed by atoms with Gasteiger partial charge >= 0.3 is 0 Å². The van der Waals surface area contributed by atoms with Crippen molar-refractivity contribution in [1.29, 1.82) is 0 Å². The molecule has 2 aromatic carbocycles. The van der Waals surface area contributed by atoms with Crippen LogP contribution in [-0.4, -0.2) is 34.5 Å². The molecule has 3 aromatic rings. The Morgan fingerprint density at radius 1 is 1.10 bits per heavy atom. The summed E-state index contributed by atoms with van der Waals surface area (Å²) in [6, 6.07) is 17.5. The molecule has 1 aromatic heterocycles. The zero-order valence-corrected chi connectivity index (χ0v) is 18.2. The van der Waals surface area contributed by atoms with Gasteiger partial charge in [0.25, 0.3) is 0 Å². The van der Waals surface area contributed by atoms with E-state index in [2.05, 4.69) is 45.2 Å². The summed E-state index contributed by atoms with van der Waals surface area (Å²) in [6.45, 7) is 5.24. The van der Waals surface area contributed by atoms with Crippen LogP contribution < -0.4 is 5.32 Å². The second kappa shape index (κ2) is 10.6.